The monoisotopic (exact) mass is 658 g/mol. The molecule has 2 unspecified atom stereocenters. The molecule has 45 heavy (non-hydrogen) atoms. The zero-order valence-corrected chi connectivity index (χ0v) is 26.2. The van der Waals surface area contributed by atoms with E-state index in [1.54, 1.807) is 42.5 Å². The predicted molar refractivity (Wildman–Crippen MR) is 167 cm³/mol. The number of amides is 3. The van der Waals surface area contributed by atoms with E-state index >= 15 is 0 Å². The summed E-state index contributed by atoms with van der Waals surface area (Å²) < 4.78 is 38.3. The van der Waals surface area contributed by atoms with Crippen LogP contribution >= 0.6 is 11.6 Å². The minimum Gasteiger partial charge on any atom is -0.467 e. The van der Waals surface area contributed by atoms with Crippen molar-refractivity contribution in [3.8, 4) is 0 Å². The van der Waals surface area contributed by atoms with Gasteiger partial charge in [-0.05, 0) is 59.9 Å². The number of sulfonamides is 1. The number of nitrogens with one attached hydrogen (secondary N) is 3. The Morgan fingerprint density at radius 2 is 1.60 bits per heavy atom. The molecular formula is C31H35ClN4O8S. The first-order valence-electron chi connectivity index (χ1n) is 14.4. The molecule has 1 fully saturated rings. The molecule has 1 heterocycles. The van der Waals surface area contributed by atoms with Crippen molar-refractivity contribution >= 4 is 56.3 Å². The van der Waals surface area contributed by atoms with E-state index in [1.165, 1.54) is 17.0 Å². The molecule has 3 N–H and O–H groups in total. The van der Waals surface area contributed by atoms with Crippen molar-refractivity contribution in [1.82, 2.24) is 20.3 Å². The molecule has 0 spiro atoms. The maximum absolute atomic E-state index is 13.3. The summed E-state index contributed by atoms with van der Waals surface area (Å²) in [7, 11) is -2.78. The fourth-order valence-corrected chi connectivity index (χ4v) is 5.97. The molecule has 0 aromatic heterocycles. The first kappa shape index (κ1) is 33.7. The van der Waals surface area contributed by atoms with Gasteiger partial charge >= 0.3 is 12.1 Å². The molecule has 3 amide bonds. The van der Waals surface area contributed by atoms with Crippen LogP contribution in [0.4, 0.5) is 4.79 Å². The summed E-state index contributed by atoms with van der Waals surface area (Å²) in [6.07, 6.45) is -0.468. The predicted octanol–water partition coefficient (Wildman–Crippen LogP) is 3.13. The number of fused-ring (bicyclic) bond motifs is 1. The number of halogens is 1. The van der Waals surface area contributed by atoms with Crippen molar-refractivity contribution < 1.29 is 37.1 Å². The Morgan fingerprint density at radius 1 is 0.911 bits per heavy atom. The lowest BCUT2D eigenvalue weighted by atomic mass is 10.1. The van der Waals surface area contributed by atoms with E-state index in [0.29, 0.717) is 23.7 Å². The maximum Gasteiger partial charge on any atom is 0.412 e. The van der Waals surface area contributed by atoms with Crippen LogP contribution in [0.5, 0.6) is 0 Å². The number of methoxy groups -OCH3 is 1. The fraction of sp³-hybridized carbons (Fsp3) is 0.355. The summed E-state index contributed by atoms with van der Waals surface area (Å²) in [4.78, 5) is 53.1. The Kier molecular flexibility index (Phi) is 11.7. The third-order valence-electron chi connectivity index (χ3n) is 7.19. The van der Waals surface area contributed by atoms with Gasteiger partial charge < -0.3 is 25.0 Å². The number of carbonyl (C=O) groups excluding carboxylic acids is 4. The van der Waals surface area contributed by atoms with Gasteiger partial charge in [-0.15, -0.1) is 0 Å². The normalized spacial score (nSPS) is 14.7. The van der Waals surface area contributed by atoms with Crippen molar-refractivity contribution in [3.05, 3.63) is 77.3 Å². The molecule has 0 radical (unpaired) electrons. The van der Waals surface area contributed by atoms with Gasteiger partial charge in [-0.25, -0.2) is 22.7 Å². The summed E-state index contributed by atoms with van der Waals surface area (Å²) >= 11 is 5.95. The number of rotatable bonds is 12. The van der Waals surface area contributed by atoms with E-state index in [9.17, 15) is 27.6 Å². The van der Waals surface area contributed by atoms with Gasteiger partial charge in [0.25, 0.3) is 12.1 Å². The Bertz CT molecular complexity index is 1630. The van der Waals surface area contributed by atoms with E-state index in [4.69, 9.17) is 21.1 Å². The number of carbonyl (C=O) groups is 4. The van der Waals surface area contributed by atoms with Crippen LogP contribution in [-0.2, 0) is 40.3 Å². The van der Waals surface area contributed by atoms with Crippen LogP contribution < -0.4 is 15.4 Å². The lowest BCUT2D eigenvalue weighted by molar-refractivity contribution is -0.147. The Morgan fingerprint density at radius 3 is 2.29 bits per heavy atom. The number of esters is 1. The fourth-order valence-electron chi connectivity index (χ4n) is 4.77. The topological polar surface area (TPSA) is 160 Å². The molecule has 2 atom stereocenters. The van der Waals surface area contributed by atoms with Crippen molar-refractivity contribution in [2.75, 3.05) is 26.7 Å². The highest BCUT2D eigenvalue weighted by Gasteiger charge is 2.32. The molecule has 3 aromatic rings. The number of hydrogen-bond acceptors (Lipinski definition) is 8. The second-order valence-corrected chi connectivity index (χ2v) is 12.7. The van der Waals surface area contributed by atoms with Gasteiger partial charge in [0.2, 0.25) is 15.9 Å². The molecule has 0 aliphatic carbocycles. The Labute approximate surface area is 266 Å². The third kappa shape index (κ3) is 9.64. The standard InChI is InChI=1S/C31H35ClN4O8S/c1-43-30(39)26(19-21-9-12-24(32)13-10-21)34-28(38)29(44-31(40)36-17-5-2-6-18-36)35-27(37)15-16-33-45(41,42)25-14-11-22-7-3-4-8-23(22)20-25/h3-4,7-14,20,26,29,33H,2,5-6,15-19H2,1H3,(H,34,38)(H,35,37). The molecule has 0 bridgehead atoms. The average Bonchev–Trinajstić information content (AvgIpc) is 3.04. The number of hydrogen-bond donors (Lipinski definition) is 3. The highest BCUT2D eigenvalue weighted by molar-refractivity contribution is 7.89. The van der Waals surface area contributed by atoms with Crippen LogP contribution in [0.25, 0.3) is 10.8 Å². The number of ether oxygens (including phenoxy) is 2. The zero-order valence-electron chi connectivity index (χ0n) is 24.7. The summed E-state index contributed by atoms with van der Waals surface area (Å²) in [5.74, 6) is -2.49. The van der Waals surface area contributed by atoms with E-state index < -0.39 is 46.2 Å². The molecule has 12 nitrogen and oxygen atoms in total. The average molecular weight is 659 g/mol. The minimum atomic E-state index is -3.95. The van der Waals surface area contributed by atoms with Gasteiger partial charge in [-0.2, -0.15) is 0 Å². The van der Waals surface area contributed by atoms with Gasteiger partial charge in [0.1, 0.15) is 6.04 Å². The molecule has 240 valence electrons. The van der Waals surface area contributed by atoms with E-state index in [-0.39, 0.29) is 24.3 Å². The van der Waals surface area contributed by atoms with Gasteiger partial charge in [-0.3, -0.25) is 9.59 Å². The van der Waals surface area contributed by atoms with E-state index in [1.807, 2.05) is 12.1 Å². The van der Waals surface area contributed by atoms with Crippen LogP contribution in [0.15, 0.2) is 71.6 Å². The van der Waals surface area contributed by atoms with Crippen LogP contribution in [0.1, 0.15) is 31.2 Å². The molecule has 1 saturated heterocycles. The van der Waals surface area contributed by atoms with Gasteiger partial charge in [0.15, 0.2) is 0 Å². The van der Waals surface area contributed by atoms with Gasteiger partial charge in [0, 0.05) is 37.5 Å². The van der Waals surface area contributed by atoms with Crippen molar-refractivity contribution in [3.63, 3.8) is 0 Å². The van der Waals surface area contributed by atoms with Gasteiger partial charge in [0.05, 0.1) is 12.0 Å². The summed E-state index contributed by atoms with van der Waals surface area (Å²) in [5.41, 5.74) is 0.666. The highest BCUT2D eigenvalue weighted by Crippen LogP contribution is 2.19. The molecule has 1 aliphatic heterocycles. The first-order chi connectivity index (χ1) is 21.6. The highest BCUT2D eigenvalue weighted by atomic mass is 35.5. The smallest absolute Gasteiger partial charge is 0.412 e. The van der Waals surface area contributed by atoms with Crippen LogP contribution in [-0.4, -0.2) is 76.2 Å². The number of likely N-dealkylation sites (tertiary alicyclic amines) is 1. The summed E-state index contributed by atoms with van der Waals surface area (Å²) in [6.45, 7) is 0.564. The first-order valence-corrected chi connectivity index (χ1v) is 16.3. The van der Waals surface area contributed by atoms with Crippen LogP contribution in [0, 0.1) is 0 Å². The zero-order chi connectivity index (χ0) is 32.4. The molecule has 3 aromatic carbocycles. The summed E-state index contributed by atoms with van der Waals surface area (Å²) in [5, 5.41) is 6.94. The molecule has 14 heteroatoms. The van der Waals surface area contributed by atoms with E-state index in [2.05, 4.69) is 15.4 Å². The molecule has 1 aliphatic rings. The number of nitrogens with zero attached hydrogens (tertiary/aromatic N) is 1. The molecular weight excluding hydrogens is 624 g/mol. The maximum atomic E-state index is 13.3. The van der Waals surface area contributed by atoms with E-state index in [0.717, 1.165) is 37.1 Å². The number of piperidine rings is 1. The summed E-state index contributed by atoms with van der Waals surface area (Å²) in [6, 6.07) is 17.4. The lowest BCUT2D eigenvalue weighted by Crippen LogP contribution is -2.55. The Hall–Kier alpha value is -4.20. The van der Waals surface area contributed by atoms with Gasteiger partial charge in [-0.1, -0.05) is 54.1 Å². The van der Waals surface area contributed by atoms with Crippen molar-refractivity contribution in [1.29, 1.82) is 0 Å². The second kappa shape index (κ2) is 15.7. The van der Waals surface area contributed by atoms with Crippen LogP contribution in [0.2, 0.25) is 5.02 Å². The Balaban J connectivity index is 1.42. The SMILES string of the molecule is COC(=O)C(Cc1ccc(Cl)cc1)NC(=O)C(NC(=O)CCNS(=O)(=O)c1ccc2ccccc2c1)OC(=O)N1CCCCC1. The second-order valence-electron chi connectivity index (χ2n) is 10.5. The molecule has 0 saturated carbocycles. The van der Waals surface area contributed by atoms with Crippen molar-refractivity contribution in [2.24, 2.45) is 0 Å². The number of benzene rings is 3. The largest absolute Gasteiger partial charge is 0.467 e. The lowest BCUT2D eigenvalue weighted by Gasteiger charge is -2.28. The quantitative estimate of drug-likeness (QED) is 0.198. The third-order valence-corrected chi connectivity index (χ3v) is 8.90. The van der Waals surface area contributed by atoms with Crippen molar-refractivity contribution in [2.45, 2.75) is 49.3 Å². The minimum absolute atomic E-state index is 0.0314. The molecule has 4 rings (SSSR count). The van der Waals surface area contributed by atoms with Crippen LogP contribution in [0.3, 0.4) is 0 Å².